The fourth-order valence-corrected chi connectivity index (χ4v) is 3.73. The van der Waals surface area contributed by atoms with Crippen LogP contribution in [0.1, 0.15) is 41.3 Å². The zero-order valence-electron chi connectivity index (χ0n) is 16.7. The fraction of sp³-hybridized carbons (Fsp3) is 0.435. The second kappa shape index (κ2) is 8.76. The highest BCUT2D eigenvalue weighted by Gasteiger charge is 2.33. The van der Waals surface area contributed by atoms with E-state index in [0.29, 0.717) is 18.5 Å². The number of nitrogens with zero attached hydrogens (tertiary/aromatic N) is 1. The lowest BCUT2D eigenvalue weighted by Gasteiger charge is -2.41. The van der Waals surface area contributed by atoms with Gasteiger partial charge in [0.15, 0.2) is 0 Å². The van der Waals surface area contributed by atoms with Gasteiger partial charge in [0, 0.05) is 37.7 Å². The Balaban J connectivity index is 1.46. The van der Waals surface area contributed by atoms with Crippen molar-refractivity contribution in [3.05, 3.63) is 65.2 Å². The van der Waals surface area contributed by atoms with Crippen LogP contribution in [0, 0.1) is 6.92 Å². The van der Waals surface area contributed by atoms with Gasteiger partial charge >= 0.3 is 0 Å². The highest BCUT2D eigenvalue weighted by atomic mass is 16.3. The number of aryl methyl sites for hydroxylation is 1. The summed E-state index contributed by atoms with van der Waals surface area (Å²) in [5.74, 6) is 0.0103. The van der Waals surface area contributed by atoms with E-state index in [2.05, 4.69) is 48.3 Å². The van der Waals surface area contributed by atoms with Gasteiger partial charge in [0.1, 0.15) is 5.75 Å². The van der Waals surface area contributed by atoms with Crippen molar-refractivity contribution in [1.82, 2.24) is 10.2 Å². The Morgan fingerprint density at radius 2 is 1.71 bits per heavy atom. The van der Waals surface area contributed by atoms with Crippen LogP contribution in [0.4, 0.5) is 0 Å². The van der Waals surface area contributed by atoms with E-state index in [1.54, 1.807) is 12.1 Å². The number of hydrogen-bond acceptors (Lipinski definition) is 4. The quantitative estimate of drug-likeness (QED) is 0.718. The Labute approximate surface area is 167 Å². The molecule has 0 spiro atoms. The lowest BCUT2D eigenvalue weighted by atomic mass is 9.85. The van der Waals surface area contributed by atoms with Crippen LogP contribution < -0.4 is 5.32 Å². The summed E-state index contributed by atoms with van der Waals surface area (Å²) in [6.07, 6.45) is 2.15. The van der Waals surface area contributed by atoms with Gasteiger partial charge in [-0.15, -0.1) is 0 Å². The monoisotopic (exact) mass is 382 g/mol. The van der Waals surface area contributed by atoms with Crippen LogP contribution >= 0.6 is 0 Å². The van der Waals surface area contributed by atoms with E-state index in [1.807, 2.05) is 0 Å². The number of phenolic OH excluding ortho intramolecular Hbond substituents is 1. The van der Waals surface area contributed by atoms with Crippen LogP contribution in [0.3, 0.4) is 0 Å². The third-order valence-electron chi connectivity index (χ3n) is 5.69. The molecule has 3 rings (SSSR count). The van der Waals surface area contributed by atoms with E-state index in [1.165, 1.54) is 23.3 Å². The molecule has 1 unspecified atom stereocenters. The van der Waals surface area contributed by atoms with Gasteiger partial charge in [0.05, 0.1) is 5.60 Å². The molecule has 0 aromatic heterocycles. The van der Waals surface area contributed by atoms with E-state index in [9.17, 15) is 15.0 Å². The zero-order chi connectivity index (χ0) is 20.1. The molecular formula is C23H30N2O3. The van der Waals surface area contributed by atoms with E-state index in [0.717, 1.165) is 25.9 Å². The van der Waals surface area contributed by atoms with Crippen molar-refractivity contribution in [2.24, 2.45) is 0 Å². The highest BCUT2D eigenvalue weighted by Crippen LogP contribution is 2.27. The molecule has 5 heteroatoms. The van der Waals surface area contributed by atoms with Crippen molar-refractivity contribution in [3.8, 4) is 5.75 Å². The van der Waals surface area contributed by atoms with Crippen molar-refractivity contribution in [2.45, 2.75) is 44.8 Å². The highest BCUT2D eigenvalue weighted by molar-refractivity contribution is 5.94. The van der Waals surface area contributed by atoms with E-state index in [4.69, 9.17) is 0 Å². The number of rotatable bonds is 6. The number of hydrogen-bond donors (Lipinski definition) is 3. The van der Waals surface area contributed by atoms with Crippen molar-refractivity contribution in [1.29, 1.82) is 0 Å². The third-order valence-corrected chi connectivity index (χ3v) is 5.69. The molecule has 0 saturated carbocycles. The zero-order valence-corrected chi connectivity index (χ0v) is 16.7. The predicted octanol–water partition coefficient (Wildman–Crippen LogP) is 2.89. The fourth-order valence-electron chi connectivity index (χ4n) is 3.73. The Morgan fingerprint density at radius 1 is 1.11 bits per heavy atom. The summed E-state index contributed by atoms with van der Waals surface area (Å²) in [7, 11) is 0. The Hall–Kier alpha value is -2.37. The molecule has 150 valence electrons. The third kappa shape index (κ3) is 5.33. The maximum atomic E-state index is 12.2. The van der Waals surface area contributed by atoms with Gasteiger partial charge in [-0.25, -0.2) is 0 Å². The Kier molecular flexibility index (Phi) is 6.37. The summed E-state index contributed by atoms with van der Waals surface area (Å²) >= 11 is 0. The first-order valence-corrected chi connectivity index (χ1v) is 9.94. The average molecular weight is 383 g/mol. The van der Waals surface area contributed by atoms with Gasteiger partial charge in [-0.3, -0.25) is 9.69 Å². The standard InChI is InChI=1S/C23H30N2O3/c1-17-3-5-19(6-4-17)15-23(28)11-13-25(14-12-23)18(2)16-24-22(27)20-7-9-21(26)10-8-20/h3-10,18,26,28H,11-16H2,1-2H3,(H,24,27). The van der Waals surface area contributed by atoms with Crippen molar-refractivity contribution >= 4 is 5.91 Å². The second-order valence-electron chi connectivity index (χ2n) is 8.03. The largest absolute Gasteiger partial charge is 0.508 e. The molecule has 0 radical (unpaired) electrons. The van der Waals surface area contributed by atoms with Gasteiger partial charge in [-0.2, -0.15) is 0 Å². The van der Waals surface area contributed by atoms with Crippen LogP contribution in [-0.4, -0.2) is 52.3 Å². The molecule has 1 saturated heterocycles. The van der Waals surface area contributed by atoms with Gasteiger partial charge in [0.25, 0.3) is 5.91 Å². The molecule has 3 N–H and O–H groups in total. The molecule has 0 bridgehead atoms. The van der Waals surface area contributed by atoms with Crippen molar-refractivity contribution in [2.75, 3.05) is 19.6 Å². The smallest absolute Gasteiger partial charge is 0.251 e. The minimum absolute atomic E-state index is 0.139. The van der Waals surface area contributed by atoms with E-state index < -0.39 is 5.60 Å². The minimum Gasteiger partial charge on any atom is -0.508 e. The number of aliphatic hydroxyl groups is 1. The molecule has 1 atom stereocenters. The molecule has 1 heterocycles. The van der Waals surface area contributed by atoms with E-state index >= 15 is 0 Å². The number of aromatic hydroxyl groups is 1. The number of amides is 1. The van der Waals surface area contributed by atoms with Crippen LogP contribution in [0.5, 0.6) is 5.75 Å². The summed E-state index contributed by atoms with van der Waals surface area (Å²) in [6.45, 7) is 6.35. The van der Waals surface area contributed by atoms with Gasteiger partial charge in [0.2, 0.25) is 0 Å². The van der Waals surface area contributed by atoms with Gasteiger partial charge < -0.3 is 15.5 Å². The summed E-state index contributed by atoms with van der Waals surface area (Å²) in [6, 6.07) is 14.8. The molecule has 1 aliphatic rings. The van der Waals surface area contributed by atoms with Crippen LogP contribution in [0.15, 0.2) is 48.5 Å². The van der Waals surface area contributed by atoms with Gasteiger partial charge in [-0.05, 0) is 56.5 Å². The molecule has 0 aliphatic carbocycles. The summed E-state index contributed by atoms with van der Waals surface area (Å²) < 4.78 is 0. The first-order valence-electron chi connectivity index (χ1n) is 9.94. The molecule has 1 aliphatic heterocycles. The lowest BCUT2D eigenvalue weighted by molar-refractivity contribution is -0.0285. The minimum atomic E-state index is -0.652. The Bertz CT molecular complexity index is 778. The molecule has 1 amide bonds. The number of likely N-dealkylation sites (tertiary alicyclic amines) is 1. The Morgan fingerprint density at radius 3 is 2.32 bits per heavy atom. The average Bonchev–Trinajstić information content (AvgIpc) is 2.68. The van der Waals surface area contributed by atoms with E-state index in [-0.39, 0.29) is 17.7 Å². The summed E-state index contributed by atoms with van der Waals surface area (Å²) in [5.41, 5.74) is 2.29. The number of carbonyl (C=O) groups is 1. The van der Waals surface area contributed by atoms with Crippen molar-refractivity contribution in [3.63, 3.8) is 0 Å². The molecular weight excluding hydrogens is 352 g/mol. The molecule has 2 aromatic carbocycles. The molecule has 28 heavy (non-hydrogen) atoms. The summed E-state index contributed by atoms with van der Waals surface area (Å²) in [4.78, 5) is 14.5. The van der Waals surface area contributed by atoms with Crippen LogP contribution in [0.2, 0.25) is 0 Å². The molecule has 1 fully saturated rings. The van der Waals surface area contributed by atoms with Crippen molar-refractivity contribution < 1.29 is 15.0 Å². The lowest BCUT2D eigenvalue weighted by Crippen LogP contribution is -2.51. The maximum absolute atomic E-state index is 12.2. The SMILES string of the molecule is Cc1ccc(CC2(O)CCN(C(C)CNC(=O)c3ccc(O)cc3)CC2)cc1. The van der Waals surface area contributed by atoms with Crippen LogP contribution in [-0.2, 0) is 6.42 Å². The van der Waals surface area contributed by atoms with Crippen LogP contribution in [0.25, 0.3) is 0 Å². The summed E-state index contributed by atoms with van der Waals surface area (Å²) in [5, 5.41) is 23.2. The second-order valence-corrected chi connectivity index (χ2v) is 8.03. The first kappa shape index (κ1) is 20.4. The predicted molar refractivity (Wildman–Crippen MR) is 111 cm³/mol. The first-order chi connectivity index (χ1) is 13.3. The molecule has 5 nitrogen and oxygen atoms in total. The topological polar surface area (TPSA) is 72.8 Å². The van der Waals surface area contributed by atoms with Gasteiger partial charge in [-0.1, -0.05) is 29.8 Å². The number of piperidine rings is 1. The number of carbonyl (C=O) groups excluding carboxylic acids is 1. The number of benzene rings is 2. The molecule has 2 aromatic rings. The number of nitrogens with one attached hydrogen (secondary N) is 1. The number of phenols is 1. The maximum Gasteiger partial charge on any atom is 0.251 e. The normalized spacial score (nSPS) is 17.8.